The zero-order chi connectivity index (χ0) is 13.3. The SMILES string of the molecule is Cc1c(N)nc(C2CC2)nc1NCC(C)(O)CO. The highest BCUT2D eigenvalue weighted by Gasteiger charge is 2.28. The first-order valence-corrected chi connectivity index (χ1v) is 6.14. The van der Waals surface area contributed by atoms with Crippen molar-refractivity contribution in [2.24, 2.45) is 0 Å². The summed E-state index contributed by atoms with van der Waals surface area (Å²) in [4.78, 5) is 8.71. The third kappa shape index (κ3) is 2.88. The summed E-state index contributed by atoms with van der Waals surface area (Å²) >= 11 is 0. The maximum atomic E-state index is 9.75. The molecule has 6 nitrogen and oxygen atoms in total. The number of nitrogen functional groups attached to an aromatic ring is 1. The molecule has 1 aliphatic carbocycles. The Kier molecular flexibility index (Phi) is 3.41. The fourth-order valence-electron chi connectivity index (χ4n) is 1.58. The van der Waals surface area contributed by atoms with Crippen LogP contribution in [0.2, 0.25) is 0 Å². The Labute approximate surface area is 106 Å². The van der Waals surface area contributed by atoms with Crippen molar-refractivity contribution in [3.63, 3.8) is 0 Å². The third-order valence-electron chi connectivity index (χ3n) is 3.12. The number of anilines is 2. The minimum absolute atomic E-state index is 0.213. The summed E-state index contributed by atoms with van der Waals surface area (Å²) in [6.45, 7) is 3.30. The molecule has 0 aliphatic heterocycles. The molecule has 6 heteroatoms. The normalized spacial score (nSPS) is 18.4. The third-order valence-corrected chi connectivity index (χ3v) is 3.12. The maximum Gasteiger partial charge on any atom is 0.136 e. The quantitative estimate of drug-likeness (QED) is 0.604. The molecule has 0 bridgehead atoms. The summed E-state index contributed by atoms with van der Waals surface area (Å²) in [5.41, 5.74) is 5.45. The first kappa shape index (κ1) is 13.0. The van der Waals surface area contributed by atoms with Gasteiger partial charge in [0.05, 0.1) is 6.61 Å². The van der Waals surface area contributed by atoms with E-state index in [2.05, 4.69) is 15.3 Å². The van der Waals surface area contributed by atoms with E-state index in [1.165, 1.54) is 0 Å². The van der Waals surface area contributed by atoms with Gasteiger partial charge in [-0.2, -0.15) is 0 Å². The van der Waals surface area contributed by atoms with E-state index in [0.717, 1.165) is 24.2 Å². The monoisotopic (exact) mass is 252 g/mol. The number of aliphatic hydroxyl groups excluding tert-OH is 1. The summed E-state index contributed by atoms with van der Waals surface area (Å²) in [6.07, 6.45) is 2.21. The van der Waals surface area contributed by atoms with Gasteiger partial charge in [0.15, 0.2) is 0 Å². The lowest BCUT2D eigenvalue weighted by molar-refractivity contribution is 0.0131. The Hall–Kier alpha value is -1.40. The number of rotatable bonds is 5. The molecule has 1 fully saturated rings. The zero-order valence-corrected chi connectivity index (χ0v) is 10.8. The van der Waals surface area contributed by atoms with E-state index >= 15 is 0 Å². The number of aliphatic hydroxyl groups is 2. The Morgan fingerprint density at radius 2 is 2.11 bits per heavy atom. The van der Waals surface area contributed by atoms with Crippen molar-refractivity contribution in [3.8, 4) is 0 Å². The van der Waals surface area contributed by atoms with Crippen LogP contribution in [0.25, 0.3) is 0 Å². The highest BCUT2D eigenvalue weighted by Crippen LogP contribution is 2.39. The predicted molar refractivity (Wildman–Crippen MR) is 69.4 cm³/mol. The van der Waals surface area contributed by atoms with E-state index in [9.17, 15) is 5.11 Å². The topological polar surface area (TPSA) is 104 Å². The van der Waals surface area contributed by atoms with Gasteiger partial charge in [0.1, 0.15) is 23.1 Å². The second-order valence-corrected chi connectivity index (χ2v) is 5.22. The van der Waals surface area contributed by atoms with Gasteiger partial charge < -0.3 is 21.3 Å². The number of aromatic nitrogens is 2. The van der Waals surface area contributed by atoms with Gasteiger partial charge in [0.25, 0.3) is 0 Å². The van der Waals surface area contributed by atoms with Crippen LogP contribution in [0, 0.1) is 6.92 Å². The molecule has 0 aromatic carbocycles. The standard InChI is InChI=1S/C12H20N4O2/c1-7-9(13)15-11(8-3-4-8)16-10(7)14-5-12(2,18)6-17/h8,17-18H,3-6H2,1-2H3,(H3,13,14,15,16). The summed E-state index contributed by atoms with van der Waals surface area (Å²) in [5, 5.41) is 21.8. The number of hydrogen-bond acceptors (Lipinski definition) is 6. The minimum Gasteiger partial charge on any atom is -0.393 e. The van der Waals surface area contributed by atoms with E-state index in [0.29, 0.717) is 17.6 Å². The lowest BCUT2D eigenvalue weighted by atomic mass is 10.1. The van der Waals surface area contributed by atoms with Crippen molar-refractivity contribution in [2.75, 3.05) is 24.2 Å². The Bertz CT molecular complexity index is 444. The molecule has 1 saturated carbocycles. The molecule has 1 aromatic rings. The summed E-state index contributed by atoms with van der Waals surface area (Å²) in [5.74, 6) is 2.30. The molecule has 2 rings (SSSR count). The molecule has 100 valence electrons. The summed E-state index contributed by atoms with van der Waals surface area (Å²) in [7, 11) is 0. The molecule has 0 radical (unpaired) electrons. The van der Waals surface area contributed by atoms with Crippen LogP contribution in [-0.2, 0) is 0 Å². The Morgan fingerprint density at radius 3 is 2.67 bits per heavy atom. The van der Waals surface area contributed by atoms with Gasteiger partial charge in [-0.15, -0.1) is 0 Å². The lowest BCUT2D eigenvalue weighted by Gasteiger charge is -2.22. The molecule has 0 amide bonds. The van der Waals surface area contributed by atoms with E-state index in [1.807, 2.05) is 6.92 Å². The largest absolute Gasteiger partial charge is 0.393 e. The fraction of sp³-hybridized carbons (Fsp3) is 0.667. The van der Waals surface area contributed by atoms with Crippen LogP contribution in [0.5, 0.6) is 0 Å². The second kappa shape index (κ2) is 4.70. The van der Waals surface area contributed by atoms with Gasteiger partial charge in [-0.1, -0.05) is 0 Å². The lowest BCUT2D eigenvalue weighted by Crippen LogP contribution is -2.37. The molecule has 0 spiro atoms. The van der Waals surface area contributed by atoms with Gasteiger partial charge >= 0.3 is 0 Å². The highest BCUT2D eigenvalue weighted by molar-refractivity contribution is 5.55. The first-order chi connectivity index (χ1) is 8.43. The number of nitrogens with zero attached hydrogens (tertiary/aromatic N) is 2. The molecule has 5 N–H and O–H groups in total. The highest BCUT2D eigenvalue weighted by atomic mass is 16.3. The number of hydrogen-bond donors (Lipinski definition) is 4. The summed E-state index contributed by atoms with van der Waals surface area (Å²) < 4.78 is 0. The molecular formula is C12H20N4O2. The van der Waals surface area contributed by atoms with Crippen LogP contribution in [0.1, 0.15) is 37.1 Å². The van der Waals surface area contributed by atoms with E-state index in [1.54, 1.807) is 6.92 Å². The van der Waals surface area contributed by atoms with Crippen LogP contribution >= 0.6 is 0 Å². The van der Waals surface area contributed by atoms with Crippen molar-refractivity contribution in [1.29, 1.82) is 0 Å². The maximum absolute atomic E-state index is 9.75. The van der Waals surface area contributed by atoms with Crippen LogP contribution < -0.4 is 11.1 Å². The van der Waals surface area contributed by atoms with Gasteiger partial charge in [-0.05, 0) is 26.7 Å². The molecule has 0 saturated heterocycles. The van der Waals surface area contributed by atoms with Gasteiger partial charge in [-0.25, -0.2) is 9.97 Å². The van der Waals surface area contributed by atoms with Crippen LogP contribution in [0.15, 0.2) is 0 Å². The molecule has 1 unspecified atom stereocenters. The van der Waals surface area contributed by atoms with Gasteiger partial charge in [0, 0.05) is 18.0 Å². The van der Waals surface area contributed by atoms with Crippen molar-refractivity contribution in [3.05, 3.63) is 11.4 Å². The van der Waals surface area contributed by atoms with Gasteiger partial charge in [0.2, 0.25) is 0 Å². The molecule has 1 aliphatic rings. The Balaban J connectivity index is 2.16. The van der Waals surface area contributed by atoms with Crippen molar-refractivity contribution in [2.45, 2.75) is 38.2 Å². The molecule has 1 atom stereocenters. The van der Waals surface area contributed by atoms with Crippen LogP contribution in [0.3, 0.4) is 0 Å². The van der Waals surface area contributed by atoms with E-state index in [4.69, 9.17) is 10.8 Å². The van der Waals surface area contributed by atoms with E-state index in [-0.39, 0.29) is 13.2 Å². The minimum atomic E-state index is -1.17. The van der Waals surface area contributed by atoms with Crippen LogP contribution in [-0.4, -0.2) is 38.9 Å². The van der Waals surface area contributed by atoms with Gasteiger partial charge in [-0.3, -0.25) is 0 Å². The molecular weight excluding hydrogens is 232 g/mol. The first-order valence-electron chi connectivity index (χ1n) is 6.14. The van der Waals surface area contributed by atoms with Crippen molar-refractivity contribution >= 4 is 11.6 Å². The predicted octanol–water partition coefficient (Wildman–Crippen LogP) is 0.400. The average molecular weight is 252 g/mol. The Morgan fingerprint density at radius 1 is 1.44 bits per heavy atom. The van der Waals surface area contributed by atoms with Crippen molar-refractivity contribution < 1.29 is 10.2 Å². The zero-order valence-electron chi connectivity index (χ0n) is 10.8. The second-order valence-electron chi connectivity index (χ2n) is 5.22. The number of nitrogens with one attached hydrogen (secondary N) is 1. The molecule has 18 heavy (non-hydrogen) atoms. The fourth-order valence-corrected chi connectivity index (χ4v) is 1.58. The summed E-state index contributed by atoms with van der Waals surface area (Å²) in [6, 6.07) is 0. The average Bonchev–Trinajstić information content (AvgIpc) is 3.15. The molecule has 1 heterocycles. The smallest absolute Gasteiger partial charge is 0.136 e. The van der Waals surface area contributed by atoms with E-state index < -0.39 is 5.60 Å². The van der Waals surface area contributed by atoms with Crippen molar-refractivity contribution in [1.82, 2.24) is 9.97 Å². The number of nitrogens with two attached hydrogens (primary N) is 1. The van der Waals surface area contributed by atoms with Crippen LogP contribution in [0.4, 0.5) is 11.6 Å². The molecule has 1 aromatic heterocycles.